The molecule has 0 saturated carbocycles. The Bertz CT molecular complexity index is 2810. The number of urea groups is 2. The number of hydrogen-bond donors (Lipinski definition) is 4. The van der Waals surface area contributed by atoms with Crippen molar-refractivity contribution in [3.05, 3.63) is 142 Å². The normalized spacial score (nSPS) is 19.7. The van der Waals surface area contributed by atoms with E-state index in [0.29, 0.717) is 22.5 Å². The van der Waals surface area contributed by atoms with Crippen LogP contribution in [0.15, 0.2) is 120 Å². The topological polar surface area (TPSA) is 184 Å². The number of benzene rings is 4. The van der Waals surface area contributed by atoms with Crippen molar-refractivity contribution in [2.45, 2.75) is 50.8 Å². The van der Waals surface area contributed by atoms with Crippen LogP contribution in [0.4, 0.5) is 58.7 Å². The predicted octanol–water partition coefficient (Wildman–Crippen LogP) is 7.07. The molecule has 0 fully saturated rings. The number of nitrogen functional groups attached to an aromatic ring is 2. The summed E-state index contributed by atoms with van der Waals surface area (Å²) in [6, 6.07) is 17.3. The number of rotatable bonds is 11. The minimum Gasteiger partial charge on any atom is -0.456 e. The predicted molar refractivity (Wildman–Crippen MR) is 241 cm³/mol. The number of carbonyl (C=O) groups is 5. The molecule has 69 heavy (non-hydrogen) atoms. The number of carbonyl (C=O) groups excluding carboxylic acids is 5. The van der Waals surface area contributed by atoms with Crippen LogP contribution in [0.5, 0.6) is 0 Å². The van der Waals surface area contributed by atoms with E-state index < -0.39 is 71.0 Å². The van der Waals surface area contributed by atoms with Gasteiger partial charge in [0.15, 0.2) is 13.2 Å². The van der Waals surface area contributed by atoms with Crippen LogP contribution in [-0.2, 0) is 31.5 Å². The summed E-state index contributed by atoms with van der Waals surface area (Å²) >= 11 is 0. The Balaban J connectivity index is 1.13. The van der Waals surface area contributed by atoms with Gasteiger partial charge in [0, 0.05) is 11.4 Å². The molecule has 4 aliphatic heterocycles. The fraction of sp³-hybridized carbons (Fsp3) is 0.312. The van der Waals surface area contributed by atoms with Crippen LogP contribution in [0.1, 0.15) is 55.1 Å². The SMILES string of the molecule is CC(C)(C)OC(=O)C[N+](C)(CCN1CC2=C(C1=O)[C@@H](c1ccc(N)cc1)NC(=O)N2c1cccc(C(F)(F)F)c1)CN1CC2=C(C1=O)[C@@H](c1ccc(N)cc1)NC(=O)N2c1cccc(C(F)(F)F)c1. The second kappa shape index (κ2) is 17.5. The molecule has 6 N–H and O–H groups in total. The molecule has 15 nitrogen and oxygen atoms in total. The number of nitrogens with one attached hydrogen (secondary N) is 2. The molecule has 0 bridgehead atoms. The zero-order valence-corrected chi connectivity index (χ0v) is 37.7. The maximum Gasteiger partial charge on any atom is 0.416 e. The molecule has 1 unspecified atom stereocenters. The molecular weight excluding hydrogens is 913 g/mol. The molecule has 0 saturated heterocycles. The van der Waals surface area contributed by atoms with E-state index in [0.717, 1.165) is 46.2 Å². The van der Waals surface area contributed by atoms with Gasteiger partial charge in [0.25, 0.3) is 11.8 Å². The van der Waals surface area contributed by atoms with E-state index in [2.05, 4.69) is 10.6 Å². The third-order valence-electron chi connectivity index (χ3n) is 12.2. The van der Waals surface area contributed by atoms with E-state index in [1.807, 2.05) is 0 Å². The molecule has 4 heterocycles. The monoisotopic (exact) mass is 960 g/mol. The third-order valence-corrected chi connectivity index (χ3v) is 12.2. The minimum atomic E-state index is -4.75. The van der Waals surface area contributed by atoms with Gasteiger partial charge in [-0.1, -0.05) is 36.4 Å². The maximum absolute atomic E-state index is 14.8. The van der Waals surface area contributed by atoms with E-state index >= 15 is 0 Å². The molecular formula is C48H48F6N9O6+. The Morgan fingerprint density at radius 1 is 0.667 bits per heavy atom. The van der Waals surface area contributed by atoms with E-state index in [-0.39, 0.29) is 77.8 Å². The summed E-state index contributed by atoms with van der Waals surface area (Å²) in [5, 5.41) is 5.55. The van der Waals surface area contributed by atoms with E-state index in [1.54, 1.807) is 76.3 Å². The lowest BCUT2D eigenvalue weighted by Crippen LogP contribution is -2.58. The lowest BCUT2D eigenvalue weighted by molar-refractivity contribution is -0.910. The van der Waals surface area contributed by atoms with Gasteiger partial charge in [-0.2, -0.15) is 26.3 Å². The molecule has 4 aromatic carbocycles. The lowest BCUT2D eigenvalue weighted by atomic mass is 9.95. The van der Waals surface area contributed by atoms with Crippen LogP contribution in [0, 0.1) is 0 Å². The highest BCUT2D eigenvalue weighted by atomic mass is 19.4. The number of ether oxygens (including phenoxy) is 1. The molecule has 0 spiro atoms. The standard InChI is InChI=1S/C48H47F6N9O6/c1-46(2,3)69-37(64)25-63(4,26-60-24-36-39(43(60)66)41(28-13-17-32(56)18-14-28)58-45(68)62(36)34-10-6-8-30(22-34)48(52,53)54)20-19-59-23-35-38(42(59)65)40(27-11-15-31(55)16-12-27)57-44(67)61(35)33-9-5-7-29(21-33)47(49,50)51/h5-18,21-22,40-41H,19-20,23-26,55-56H2,1-4H3,(H-,57,58,67,68)/p+1/t40-,41-,63?/m1/s1. The molecule has 3 atom stereocenters. The molecule has 0 radical (unpaired) electrons. The Morgan fingerprint density at radius 2 is 1.09 bits per heavy atom. The molecule has 8 rings (SSSR count). The van der Waals surface area contributed by atoms with Gasteiger partial charge in [-0.05, 0) is 92.6 Å². The summed E-state index contributed by atoms with van der Waals surface area (Å²) in [4.78, 5) is 75.9. The fourth-order valence-corrected chi connectivity index (χ4v) is 9.01. The van der Waals surface area contributed by atoms with Crippen molar-refractivity contribution in [3.63, 3.8) is 0 Å². The van der Waals surface area contributed by atoms with Crippen LogP contribution >= 0.6 is 0 Å². The number of hydrogen-bond acceptors (Lipinski definition) is 8. The van der Waals surface area contributed by atoms with E-state index in [4.69, 9.17) is 16.2 Å². The van der Waals surface area contributed by atoms with Crippen LogP contribution in [0.25, 0.3) is 0 Å². The fourth-order valence-electron chi connectivity index (χ4n) is 9.01. The molecule has 4 aliphatic rings. The van der Waals surface area contributed by atoms with Crippen LogP contribution in [0.3, 0.4) is 0 Å². The summed E-state index contributed by atoms with van der Waals surface area (Å²) in [6.45, 7) is 3.71. The van der Waals surface area contributed by atoms with Gasteiger partial charge in [-0.3, -0.25) is 28.8 Å². The van der Waals surface area contributed by atoms with Gasteiger partial charge < -0.3 is 31.7 Å². The summed E-state index contributed by atoms with van der Waals surface area (Å²) in [7, 11) is 1.64. The van der Waals surface area contributed by atoms with Gasteiger partial charge >= 0.3 is 30.4 Å². The summed E-state index contributed by atoms with van der Waals surface area (Å²) in [5.74, 6) is -1.83. The molecule has 6 amide bonds. The van der Waals surface area contributed by atoms with Crippen molar-refractivity contribution in [2.75, 3.05) is 67.7 Å². The highest BCUT2D eigenvalue weighted by Gasteiger charge is 2.49. The Hall–Kier alpha value is -7.55. The quantitative estimate of drug-likeness (QED) is 0.0533. The average Bonchev–Trinajstić information content (AvgIpc) is 3.76. The van der Waals surface area contributed by atoms with E-state index in [1.165, 1.54) is 21.9 Å². The summed E-state index contributed by atoms with van der Waals surface area (Å²) in [5.41, 5.74) is 10.7. The highest BCUT2D eigenvalue weighted by Crippen LogP contribution is 2.43. The number of quaternary nitrogens is 1. The van der Waals surface area contributed by atoms with Crippen molar-refractivity contribution >= 4 is 52.6 Å². The third kappa shape index (κ3) is 9.76. The first kappa shape index (κ1) is 47.9. The molecule has 4 aromatic rings. The molecule has 0 aliphatic carbocycles. The smallest absolute Gasteiger partial charge is 0.416 e. The number of anilines is 4. The number of alkyl halides is 6. The van der Waals surface area contributed by atoms with Crippen molar-refractivity contribution in [1.82, 2.24) is 20.4 Å². The lowest BCUT2D eigenvalue weighted by Gasteiger charge is -2.38. The first-order valence-electron chi connectivity index (χ1n) is 21.7. The minimum absolute atomic E-state index is 0.0482. The number of nitrogens with two attached hydrogens (primary N) is 2. The van der Waals surface area contributed by atoms with Gasteiger partial charge in [-0.15, -0.1) is 0 Å². The van der Waals surface area contributed by atoms with Gasteiger partial charge in [-0.25, -0.2) is 14.4 Å². The number of amides is 6. The zero-order valence-electron chi connectivity index (χ0n) is 37.7. The van der Waals surface area contributed by atoms with E-state index in [9.17, 15) is 50.3 Å². The van der Waals surface area contributed by atoms with Crippen LogP contribution < -0.4 is 31.9 Å². The first-order valence-corrected chi connectivity index (χ1v) is 21.7. The second-order valence-electron chi connectivity index (χ2n) is 18.5. The highest BCUT2D eigenvalue weighted by molar-refractivity contribution is 6.08. The number of esters is 1. The first-order chi connectivity index (χ1) is 32.3. The van der Waals surface area contributed by atoms with Crippen molar-refractivity contribution < 1.29 is 59.5 Å². The molecule has 0 aromatic heterocycles. The summed E-state index contributed by atoms with van der Waals surface area (Å²) in [6.07, 6.45) is -9.50. The molecule has 21 heteroatoms. The Kier molecular flexibility index (Phi) is 12.2. The van der Waals surface area contributed by atoms with Crippen molar-refractivity contribution in [2.24, 2.45) is 0 Å². The van der Waals surface area contributed by atoms with Gasteiger partial charge in [0.1, 0.15) is 5.60 Å². The van der Waals surface area contributed by atoms with Crippen molar-refractivity contribution in [1.29, 1.82) is 0 Å². The Morgan fingerprint density at radius 3 is 1.51 bits per heavy atom. The van der Waals surface area contributed by atoms with Gasteiger partial charge in [0.2, 0.25) is 0 Å². The largest absolute Gasteiger partial charge is 0.456 e. The van der Waals surface area contributed by atoms with Crippen LogP contribution in [0.2, 0.25) is 0 Å². The van der Waals surface area contributed by atoms with Crippen LogP contribution in [-0.4, -0.2) is 96.2 Å². The van der Waals surface area contributed by atoms with Gasteiger partial charge in [0.05, 0.1) is 90.4 Å². The summed E-state index contributed by atoms with van der Waals surface area (Å²) < 4.78 is 89.2. The average molecular weight is 961 g/mol. The number of likely N-dealkylation sites (N-methyl/N-ethyl adjacent to an activating group) is 1. The second-order valence-corrected chi connectivity index (χ2v) is 18.5. The number of halogens is 6. The number of nitrogens with zero attached hydrogens (tertiary/aromatic N) is 5. The van der Waals surface area contributed by atoms with Crippen molar-refractivity contribution in [3.8, 4) is 0 Å². The maximum atomic E-state index is 14.8. The Labute approximate surface area is 392 Å². The zero-order chi connectivity index (χ0) is 50.0. The molecule has 362 valence electrons.